The maximum atomic E-state index is 11.1. The maximum Gasteiger partial charge on any atom is 0.0661 e. The Balaban J connectivity index is 1.60. The monoisotopic (exact) mass is 430 g/mol. The van der Waals surface area contributed by atoms with Gasteiger partial charge in [-0.25, -0.2) is 0 Å². The number of unbranched alkanes of at least 4 members (excludes halogenated alkanes) is 1. The summed E-state index contributed by atoms with van der Waals surface area (Å²) in [7, 11) is 0. The molecule has 0 aromatic carbocycles. The molecule has 0 unspecified atom stereocenters. The molecule has 0 spiro atoms. The van der Waals surface area contributed by atoms with Crippen LogP contribution in [-0.2, 0) is 0 Å². The SMILES string of the molecule is CCCC[C@@H](CCO)[C@H](C)[C@H]1CC[C@H]2C3=CC=C4C[C@@H](O)C[C@H](O)[C@]4(C)[C@H]3CC[C@]12C. The molecule has 3 fully saturated rings. The Hall–Kier alpha value is -0.640. The summed E-state index contributed by atoms with van der Waals surface area (Å²) in [5, 5.41) is 31.0. The van der Waals surface area contributed by atoms with Crippen LogP contribution in [0.3, 0.4) is 0 Å². The second-order valence-electron chi connectivity index (χ2n) is 11.9. The molecular formula is C28H46O3. The Morgan fingerprint density at radius 1 is 1.06 bits per heavy atom. The summed E-state index contributed by atoms with van der Waals surface area (Å²) in [6.45, 7) is 9.88. The van der Waals surface area contributed by atoms with Gasteiger partial charge in [0.1, 0.15) is 0 Å². The van der Waals surface area contributed by atoms with E-state index < -0.39 is 12.2 Å². The largest absolute Gasteiger partial charge is 0.396 e. The van der Waals surface area contributed by atoms with Gasteiger partial charge in [0, 0.05) is 18.4 Å². The molecule has 3 N–H and O–H groups in total. The molecule has 0 radical (unpaired) electrons. The lowest BCUT2D eigenvalue weighted by atomic mass is 9.49. The molecule has 0 amide bonds. The van der Waals surface area contributed by atoms with Gasteiger partial charge in [0.2, 0.25) is 0 Å². The van der Waals surface area contributed by atoms with Crippen LogP contribution in [0.2, 0.25) is 0 Å². The molecule has 4 rings (SSSR count). The lowest BCUT2D eigenvalue weighted by molar-refractivity contribution is -0.0556. The third kappa shape index (κ3) is 3.77. The predicted molar refractivity (Wildman–Crippen MR) is 126 cm³/mol. The van der Waals surface area contributed by atoms with Crippen molar-refractivity contribution in [3.63, 3.8) is 0 Å². The normalized spacial score (nSPS) is 43.9. The highest BCUT2D eigenvalue weighted by Crippen LogP contribution is 2.66. The number of hydrogen-bond donors (Lipinski definition) is 3. The lowest BCUT2D eigenvalue weighted by Crippen LogP contribution is -2.52. The van der Waals surface area contributed by atoms with Crippen LogP contribution in [0.15, 0.2) is 23.3 Å². The van der Waals surface area contributed by atoms with E-state index >= 15 is 0 Å². The van der Waals surface area contributed by atoms with E-state index in [1.807, 2.05) is 0 Å². The molecule has 176 valence electrons. The average molecular weight is 431 g/mol. The smallest absolute Gasteiger partial charge is 0.0661 e. The third-order valence-corrected chi connectivity index (χ3v) is 10.5. The van der Waals surface area contributed by atoms with Gasteiger partial charge in [0.15, 0.2) is 0 Å². The van der Waals surface area contributed by atoms with Crippen molar-refractivity contribution in [1.29, 1.82) is 0 Å². The Labute approximate surface area is 190 Å². The minimum atomic E-state index is -0.445. The zero-order valence-corrected chi connectivity index (χ0v) is 20.3. The van der Waals surface area contributed by atoms with Crippen molar-refractivity contribution in [1.82, 2.24) is 0 Å². The van der Waals surface area contributed by atoms with Crippen LogP contribution in [0, 0.1) is 40.4 Å². The zero-order chi connectivity index (χ0) is 22.4. The molecule has 0 aliphatic heterocycles. The number of aliphatic hydroxyl groups is 3. The molecule has 0 aromatic rings. The van der Waals surface area contributed by atoms with Crippen LogP contribution < -0.4 is 0 Å². The minimum absolute atomic E-state index is 0.200. The fourth-order valence-electron chi connectivity index (χ4n) is 8.58. The Morgan fingerprint density at radius 2 is 1.84 bits per heavy atom. The minimum Gasteiger partial charge on any atom is -0.396 e. The van der Waals surface area contributed by atoms with Crippen LogP contribution >= 0.6 is 0 Å². The molecular weight excluding hydrogens is 384 g/mol. The first-order valence-corrected chi connectivity index (χ1v) is 13.1. The second-order valence-corrected chi connectivity index (χ2v) is 11.9. The predicted octanol–water partition coefficient (Wildman–Crippen LogP) is 5.64. The molecule has 31 heavy (non-hydrogen) atoms. The Morgan fingerprint density at radius 3 is 2.55 bits per heavy atom. The third-order valence-electron chi connectivity index (χ3n) is 10.5. The van der Waals surface area contributed by atoms with Crippen LogP contribution in [0.5, 0.6) is 0 Å². The van der Waals surface area contributed by atoms with Crippen LogP contribution in [0.1, 0.15) is 91.9 Å². The van der Waals surface area contributed by atoms with E-state index in [4.69, 9.17) is 0 Å². The molecule has 9 atom stereocenters. The number of rotatable bonds is 7. The van der Waals surface area contributed by atoms with E-state index in [9.17, 15) is 15.3 Å². The van der Waals surface area contributed by atoms with Gasteiger partial charge in [0.25, 0.3) is 0 Å². The van der Waals surface area contributed by atoms with E-state index in [-0.39, 0.29) is 5.41 Å². The molecule has 4 aliphatic rings. The van der Waals surface area contributed by atoms with Crippen molar-refractivity contribution in [3.05, 3.63) is 23.3 Å². The summed E-state index contributed by atoms with van der Waals surface area (Å²) < 4.78 is 0. The van der Waals surface area contributed by atoms with Crippen molar-refractivity contribution < 1.29 is 15.3 Å². The topological polar surface area (TPSA) is 60.7 Å². The summed E-state index contributed by atoms with van der Waals surface area (Å²) in [6, 6.07) is 0. The standard InChI is InChI=1S/C28H46O3/c1-5-6-7-19(13-15-29)18(2)23-10-11-24-22-9-8-20-16-21(30)17-26(31)28(20,4)25(22)12-14-27(23,24)3/h8-9,18-19,21,23-26,29-31H,5-7,10-17H2,1-4H3/t18-,19-,21+,23+,24-,25-,26-,27+,28-/m0/s1. The Bertz CT molecular complexity index is 711. The van der Waals surface area contributed by atoms with Gasteiger partial charge < -0.3 is 15.3 Å². The van der Waals surface area contributed by atoms with Gasteiger partial charge in [-0.05, 0) is 73.5 Å². The number of allylic oxidation sites excluding steroid dienone is 3. The summed E-state index contributed by atoms with van der Waals surface area (Å²) >= 11 is 0. The van der Waals surface area contributed by atoms with Crippen molar-refractivity contribution in [2.24, 2.45) is 40.4 Å². The van der Waals surface area contributed by atoms with E-state index in [0.717, 1.165) is 25.2 Å². The average Bonchev–Trinajstić information content (AvgIpc) is 3.09. The van der Waals surface area contributed by atoms with Gasteiger partial charge in [-0.3, -0.25) is 0 Å². The van der Waals surface area contributed by atoms with Crippen molar-refractivity contribution in [3.8, 4) is 0 Å². The van der Waals surface area contributed by atoms with E-state index in [1.165, 1.54) is 44.1 Å². The van der Waals surface area contributed by atoms with Crippen LogP contribution in [0.4, 0.5) is 0 Å². The molecule has 0 aromatic heterocycles. The highest BCUT2D eigenvalue weighted by molar-refractivity contribution is 5.40. The highest BCUT2D eigenvalue weighted by atomic mass is 16.3. The second kappa shape index (κ2) is 8.95. The van der Waals surface area contributed by atoms with Gasteiger partial charge in [-0.1, -0.05) is 70.3 Å². The van der Waals surface area contributed by atoms with E-state index in [2.05, 4.69) is 39.8 Å². The molecule has 3 heteroatoms. The maximum absolute atomic E-state index is 11.1. The van der Waals surface area contributed by atoms with Gasteiger partial charge in [-0.15, -0.1) is 0 Å². The number of aliphatic hydroxyl groups excluding tert-OH is 3. The van der Waals surface area contributed by atoms with Crippen molar-refractivity contribution >= 4 is 0 Å². The number of hydrogen-bond acceptors (Lipinski definition) is 3. The summed E-state index contributed by atoms with van der Waals surface area (Å²) in [5.74, 6) is 3.06. The Kier molecular flexibility index (Phi) is 6.79. The van der Waals surface area contributed by atoms with E-state index in [0.29, 0.717) is 42.1 Å². The van der Waals surface area contributed by atoms with Gasteiger partial charge >= 0.3 is 0 Å². The van der Waals surface area contributed by atoms with Crippen LogP contribution in [0.25, 0.3) is 0 Å². The van der Waals surface area contributed by atoms with Crippen molar-refractivity contribution in [2.45, 2.75) is 104 Å². The summed E-state index contributed by atoms with van der Waals surface area (Å²) in [4.78, 5) is 0. The molecule has 4 aliphatic carbocycles. The molecule has 3 saturated carbocycles. The zero-order valence-electron chi connectivity index (χ0n) is 20.3. The first-order valence-electron chi connectivity index (χ1n) is 13.1. The first kappa shape index (κ1) is 23.5. The lowest BCUT2D eigenvalue weighted by Gasteiger charge is -2.56. The first-order chi connectivity index (χ1) is 14.8. The molecule has 3 nitrogen and oxygen atoms in total. The fraction of sp³-hybridized carbons (Fsp3) is 0.857. The van der Waals surface area contributed by atoms with Gasteiger partial charge in [0.05, 0.1) is 12.2 Å². The van der Waals surface area contributed by atoms with Crippen molar-refractivity contribution in [2.75, 3.05) is 6.61 Å². The summed E-state index contributed by atoms with van der Waals surface area (Å²) in [6.07, 6.45) is 14.7. The van der Waals surface area contributed by atoms with Gasteiger partial charge in [-0.2, -0.15) is 0 Å². The molecule has 0 bridgehead atoms. The highest BCUT2D eigenvalue weighted by Gasteiger charge is 2.59. The molecule has 0 heterocycles. The summed E-state index contributed by atoms with van der Waals surface area (Å²) in [5.41, 5.74) is 3.00. The quantitative estimate of drug-likeness (QED) is 0.490. The molecule has 0 saturated heterocycles. The number of fused-ring (bicyclic) bond motifs is 5. The fourth-order valence-corrected chi connectivity index (χ4v) is 8.58. The van der Waals surface area contributed by atoms with E-state index in [1.54, 1.807) is 5.57 Å². The van der Waals surface area contributed by atoms with Crippen LogP contribution in [-0.4, -0.2) is 34.1 Å².